The lowest BCUT2D eigenvalue weighted by Crippen LogP contribution is -2.41. The summed E-state index contributed by atoms with van der Waals surface area (Å²) in [5.74, 6) is 0. The number of hydrogen-bond acceptors (Lipinski definition) is 9. The Kier molecular flexibility index (Phi) is 13.1. The first-order chi connectivity index (χ1) is 42.1. The van der Waals surface area contributed by atoms with Crippen molar-refractivity contribution in [2.24, 2.45) is 0 Å². The number of hydrogen-bond donors (Lipinski definition) is 0. The van der Waals surface area contributed by atoms with E-state index in [-0.39, 0.29) is 47.8 Å². The number of fused-ring (bicyclic) bond motifs is 18. The van der Waals surface area contributed by atoms with E-state index in [0.717, 1.165) is 76.8 Å². The molecule has 6 heterocycles. The van der Waals surface area contributed by atoms with Crippen molar-refractivity contribution in [3.05, 3.63) is 200 Å². The largest absolute Gasteiger partial charge is 0.494 e. The first kappa shape index (κ1) is 56.7. The molecule has 11 aromatic carbocycles. The van der Waals surface area contributed by atoms with Gasteiger partial charge in [-0.3, -0.25) is 0 Å². The van der Waals surface area contributed by atoms with Gasteiger partial charge in [0.2, 0.25) is 0 Å². The van der Waals surface area contributed by atoms with Crippen molar-refractivity contribution in [2.75, 3.05) is 0 Å². The van der Waals surface area contributed by atoms with E-state index >= 15 is 0 Å². The molecule has 436 valence electrons. The molecule has 0 radical (unpaired) electrons. The molecule has 3 saturated heterocycles. The first-order valence-electron chi connectivity index (χ1n) is 30.7. The molecule has 0 aliphatic carbocycles. The third-order valence-corrected chi connectivity index (χ3v) is 21.1. The summed E-state index contributed by atoms with van der Waals surface area (Å²) in [5.41, 5.74) is 6.78. The second kappa shape index (κ2) is 20.4. The van der Waals surface area contributed by atoms with Gasteiger partial charge in [-0.15, -0.1) is 11.3 Å². The van der Waals surface area contributed by atoms with Crippen LogP contribution in [0.3, 0.4) is 0 Å². The molecular weight excluding hydrogens is 1110 g/mol. The highest BCUT2D eigenvalue weighted by atomic mass is 32.1. The number of thiophene rings is 1. The van der Waals surface area contributed by atoms with Crippen LogP contribution in [0.2, 0.25) is 0 Å². The van der Waals surface area contributed by atoms with Gasteiger partial charge in [0.15, 0.2) is 0 Å². The molecule has 3 aromatic heterocycles. The van der Waals surface area contributed by atoms with Crippen molar-refractivity contribution in [1.29, 1.82) is 0 Å². The van der Waals surface area contributed by atoms with E-state index in [1.165, 1.54) is 57.9 Å². The van der Waals surface area contributed by atoms with Crippen LogP contribution in [0, 0.1) is 0 Å². The van der Waals surface area contributed by atoms with Crippen LogP contribution in [0.15, 0.2) is 209 Å². The van der Waals surface area contributed by atoms with Crippen LogP contribution >= 0.6 is 11.3 Å². The van der Waals surface area contributed by atoms with Crippen LogP contribution in [-0.2, 0) is 27.9 Å². The highest BCUT2D eigenvalue weighted by Crippen LogP contribution is 2.46. The minimum absolute atomic E-state index is 0.314. The summed E-state index contributed by atoms with van der Waals surface area (Å²) < 4.78 is 53.1. The minimum atomic E-state index is -0.405. The molecular formula is C76H69B3O8S. The van der Waals surface area contributed by atoms with E-state index < -0.39 is 7.12 Å². The first-order valence-corrected chi connectivity index (χ1v) is 31.5. The predicted octanol–water partition coefficient (Wildman–Crippen LogP) is 18.4. The lowest BCUT2D eigenvalue weighted by Gasteiger charge is -2.32. The average molecular weight is 1170 g/mol. The van der Waals surface area contributed by atoms with Gasteiger partial charge in [-0.1, -0.05) is 182 Å². The number of furan rings is 2. The van der Waals surface area contributed by atoms with Crippen molar-refractivity contribution in [2.45, 2.75) is 117 Å². The maximum Gasteiger partial charge on any atom is 0.494 e. The molecule has 0 atom stereocenters. The molecule has 0 spiro atoms. The molecule has 12 heteroatoms. The predicted molar refractivity (Wildman–Crippen MR) is 369 cm³/mol. The topological polar surface area (TPSA) is 81.7 Å². The smallest absolute Gasteiger partial charge is 0.455 e. The van der Waals surface area contributed by atoms with Crippen LogP contribution in [0.1, 0.15) is 83.1 Å². The molecule has 0 bridgehead atoms. The highest BCUT2D eigenvalue weighted by molar-refractivity contribution is 7.26. The van der Waals surface area contributed by atoms with E-state index in [9.17, 15) is 0 Å². The Bertz CT molecular complexity index is 4890. The fourth-order valence-corrected chi connectivity index (χ4v) is 14.1. The van der Waals surface area contributed by atoms with Gasteiger partial charge >= 0.3 is 21.4 Å². The molecule has 0 amide bonds. The Hall–Kier alpha value is -7.77. The summed E-state index contributed by atoms with van der Waals surface area (Å²) in [5, 5.41) is 16.9. The lowest BCUT2D eigenvalue weighted by molar-refractivity contribution is 0.00578. The Balaban J connectivity index is 0.000000113. The minimum Gasteiger partial charge on any atom is -0.455 e. The van der Waals surface area contributed by atoms with E-state index in [1.54, 1.807) is 0 Å². The summed E-state index contributed by atoms with van der Waals surface area (Å²) in [7, 11) is -1.10. The van der Waals surface area contributed by atoms with Crippen molar-refractivity contribution >= 4 is 156 Å². The maximum absolute atomic E-state index is 6.73. The molecule has 0 N–H and O–H groups in total. The maximum atomic E-state index is 6.73. The standard InChI is InChI=1S/C32H27BO3.C22H21BO3.C22H21BO2S/c1-31(2)32(3,4)36-33(35-31)21-12-9-11-20(19-21)22-17-10-18-27-28-25-15-7-5-13-23(25)24-14-6-8-16-26(24)30(28)34-29(22)27;1-21(2)22(3,4)26-23(25-21)15-10-12-17-18-11-9-14-7-5-6-8-16(14)20(18)24-19(17)13-15;1-21(2)22(3,4)25-23(24-21)15-10-12-17-18-11-9-14-7-5-6-8-16(14)20(18)26-19(17)13-15/h5-19H,1-4H3;2*5-13H,1-4H3. The van der Waals surface area contributed by atoms with E-state index in [1.807, 2.05) is 29.5 Å². The number of benzene rings is 11. The molecule has 3 aliphatic heterocycles. The number of para-hydroxylation sites is 1. The third-order valence-electron chi connectivity index (χ3n) is 19.9. The van der Waals surface area contributed by atoms with E-state index in [4.69, 9.17) is 36.8 Å². The molecule has 3 fully saturated rings. The zero-order valence-corrected chi connectivity index (χ0v) is 52.8. The second-order valence-electron chi connectivity index (χ2n) is 27.0. The second-order valence-corrected chi connectivity index (χ2v) is 28.1. The van der Waals surface area contributed by atoms with E-state index in [0.29, 0.717) is 0 Å². The Labute approximate surface area is 518 Å². The normalized spacial score (nSPS) is 18.2. The summed E-state index contributed by atoms with van der Waals surface area (Å²) in [4.78, 5) is 0. The quantitative estimate of drug-likeness (QED) is 0.127. The van der Waals surface area contributed by atoms with Gasteiger partial charge in [-0.25, -0.2) is 0 Å². The third kappa shape index (κ3) is 9.20. The van der Waals surface area contributed by atoms with Crippen LogP contribution in [-0.4, -0.2) is 55.0 Å². The van der Waals surface area contributed by atoms with Crippen LogP contribution in [0.25, 0.3) is 118 Å². The van der Waals surface area contributed by atoms with Crippen LogP contribution in [0.4, 0.5) is 0 Å². The average Bonchev–Trinajstić information content (AvgIpc) is 2.05. The van der Waals surface area contributed by atoms with E-state index in [2.05, 4.69) is 265 Å². The van der Waals surface area contributed by atoms with Crippen molar-refractivity contribution < 1.29 is 36.8 Å². The van der Waals surface area contributed by atoms with Crippen LogP contribution < -0.4 is 16.4 Å². The van der Waals surface area contributed by atoms with Crippen molar-refractivity contribution in [3.63, 3.8) is 0 Å². The van der Waals surface area contributed by atoms with Gasteiger partial charge in [-0.2, -0.15) is 0 Å². The SMILES string of the molecule is CC1(C)OB(c2ccc3c(c2)oc2c4ccccc4ccc32)OC1(C)C.CC1(C)OB(c2ccc3c(c2)sc2c4ccccc4ccc32)OC1(C)C.CC1(C)OB(c2cccc(-c3cccc4c3oc3c5ccccc5c5ccccc5c43)c2)OC1(C)C. The molecule has 0 unspecified atom stereocenters. The van der Waals surface area contributed by atoms with Gasteiger partial charge < -0.3 is 36.8 Å². The summed E-state index contributed by atoms with van der Waals surface area (Å²) in [6.45, 7) is 25.0. The summed E-state index contributed by atoms with van der Waals surface area (Å²) in [6.07, 6.45) is 0. The molecule has 3 aliphatic rings. The van der Waals surface area contributed by atoms with Gasteiger partial charge in [0.1, 0.15) is 22.3 Å². The molecule has 88 heavy (non-hydrogen) atoms. The fourth-order valence-electron chi connectivity index (χ4n) is 12.8. The Morgan fingerprint density at radius 1 is 0.295 bits per heavy atom. The van der Waals surface area contributed by atoms with Crippen molar-refractivity contribution in [3.8, 4) is 11.1 Å². The number of rotatable bonds is 4. The van der Waals surface area contributed by atoms with Gasteiger partial charge in [0.25, 0.3) is 0 Å². The van der Waals surface area contributed by atoms with Crippen molar-refractivity contribution in [1.82, 2.24) is 0 Å². The Morgan fingerprint density at radius 3 is 1.35 bits per heavy atom. The molecule has 0 saturated carbocycles. The van der Waals surface area contributed by atoms with Gasteiger partial charge in [0, 0.05) is 58.1 Å². The Morgan fingerprint density at radius 2 is 0.739 bits per heavy atom. The summed E-state index contributed by atoms with van der Waals surface area (Å²) in [6, 6.07) is 70.5. The summed E-state index contributed by atoms with van der Waals surface area (Å²) >= 11 is 1.85. The lowest BCUT2D eigenvalue weighted by atomic mass is 9.78. The highest BCUT2D eigenvalue weighted by Gasteiger charge is 2.54. The fraction of sp³-hybridized carbons (Fsp3) is 0.237. The zero-order valence-electron chi connectivity index (χ0n) is 52.0. The van der Waals surface area contributed by atoms with Gasteiger partial charge in [-0.05, 0) is 156 Å². The molecule has 8 nitrogen and oxygen atoms in total. The zero-order chi connectivity index (χ0) is 60.9. The molecule has 17 rings (SSSR count). The van der Waals surface area contributed by atoms with Crippen LogP contribution in [0.5, 0.6) is 0 Å². The molecule has 14 aromatic rings. The monoisotopic (exact) mass is 1170 g/mol. The van der Waals surface area contributed by atoms with Gasteiger partial charge in [0.05, 0.1) is 33.6 Å².